The summed E-state index contributed by atoms with van der Waals surface area (Å²) in [4.78, 5) is 5.31. The first-order valence-electron chi connectivity index (χ1n) is 4.53. The van der Waals surface area contributed by atoms with Gasteiger partial charge in [-0.2, -0.15) is 0 Å². The molecular formula is C12H11NS. The Kier molecular flexibility index (Phi) is 2.84. The van der Waals surface area contributed by atoms with E-state index < -0.39 is 0 Å². The van der Waals surface area contributed by atoms with Gasteiger partial charge in [0.05, 0.1) is 5.69 Å². The summed E-state index contributed by atoms with van der Waals surface area (Å²) in [5.41, 5.74) is 0.950. The predicted octanol–water partition coefficient (Wildman–Crippen LogP) is 3.42. The van der Waals surface area contributed by atoms with Crippen LogP contribution in [0.25, 0.3) is 0 Å². The van der Waals surface area contributed by atoms with Crippen LogP contribution in [0.1, 0.15) is 0 Å². The number of aliphatic imine (C=N–C) groups is 1. The molecule has 2 heteroatoms. The maximum atomic E-state index is 4.37. The van der Waals surface area contributed by atoms with Crippen LogP contribution in [-0.4, -0.2) is 6.21 Å². The van der Waals surface area contributed by atoms with Gasteiger partial charge in [0.15, 0.2) is 0 Å². The topological polar surface area (TPSA) is 12.4 Å². The molecule has 1 nitrogen and oxygen atoms in total. The summed E-state index contributed by atoms with van der Waals surface area (Å²) in [6.07, 6.45) is 10.2. The van der Waals surface area contributed by atoms with Crippen molar-refractivity contribution in [1.82, 2.24) is 0 Å². The van der Waals surface area contributed by atoms with Gasteiger partial charge in [0.2, 0.25) is 0 Å². The molecule has 14 heavy (non-hydrogen) atoms. The van der Waals surface area contributed by atoms with E-state index in [-0.39, 0.29) is 0 Å². The van der Waals surface area contributed by atoms with Crippen molar-refractivity contribution in [3.05, 3.63) is 48.6 Å². The van der Waals surface area contributed by atoms with Gasteiger partial charge in [0.1, 0.15) is 0 Å². The summed E-state index contributed by atoms with van der Waals surface area (Å²) in [6.45, 7) is 0. The van der Waals surface area contributed by atoms with Gasteiger partial charge >= 0.3 is 0 Å². The molecule has 1 aliphatic rings. The van der Waals surface area contributed by atoms with Crippen molar-refractivity contribution in [2.24, 2.45) is 10.9 Å². The smallest absolute Gasteiger partial charge is 0.0637 e. The van der Waals surface area contributed by atoms with E-state index >= 15 is 0 Å². The molecule has 0 unspecified atom stereocenters. The minimum atomic E-state index is 0.346. The number of hydrogen-bond donors (Lipinski definition) is 1. The minimum absolute atomic E-state index is 0.346. The number of allylic oxidation sites excluding steroid dienone is 4. The van der Waals surface area contributed by atoms with Crippen molar-refractivity contribution in [3.63, 3.8) is 0 Å². The molecule has 1 aromatic rings. The summed E-state index contributed by atoms with van der Waals surface area (Å²) < 4.78 is 0. The van der Waals surface area contributed by atoms with Crippen LogP contribution < -0.4 is 0 Å². The van der Waals surface area contributed by atoms with E-state index in [1.54, 1.807) is 0 Å². The molecule has 2 rings (SSSR count). The fourth-order valence-electron chi connectivity index (χ4n) is 1.29. The average molecular weight is 201 g/mol. The summed E-state index contributed by atoms with van der Waals surface area (Å²) in [7, 11) is 0. The molecule has 0 heterocycles. The van der Waals surface area contributed by atoms with Crippen molar-refractivity contribution in [2.75, 3.05) is 0 Å². The van der Waals surface area contributed by atoms with Gasteiger partial charge in [-0.15, -0.1) is 12.6 Å². The lowest BCUT2D eigenvalue weighted by molar-refractivity contribution is 1.19. The lowest BCUT2D eigenvalue weighted by atomic mass is 10.2. The van der Waals surface area contributed by atoms with Crippen molar-refractivity contribution >= 4 is 24.5 Å². The normalized spacial score (nSPS) is 15.8. The highest BCUT2D eigenvalue weighted by atomic mass is 32.1. The fourth-order valence-corrected chi connectivity index (χ4v) is 1.51. The highest BCUT2D eigenvalue weighted by Crippen LogP contribution is 2.17. The Morgan fingerprint density at radius 1 is 1.21 bits per heavy atom. The van der Waals surface area contributed by atoms with Crippen molar-refractivity contribution in [1.29, 1.82) is 0 Å². The lowest BCUT2D eigenvalue weighted by Gasteiger charge is -1.97. The van der Waals surface area contributed by atoms with Gasteiger partial charge in [0.25, 0.3) is 0 Å². The van der Waals surface area contributed by atoms with E-state index in [1.165, 1.54) is 0 Å². The van der Waals surface area contributed by atoms with Gasteiger partial charge < -0.3 is 0 Å². The third-order valence-corrected chi connectivity index (χ3v) is 2.28. The van der Waals surface area contributed by atoms with Gasteiger partial charge in [0, 0.05) is 17.0 Å². The van der Waals surface area contributed by atoms with Crippen molar-refractivity contribution < 1.29 is 0 Å². The van der Waals surface area contributed by atoms with Gasteiger partial charge in [-0.3, -0.25) is 4.99 Å². The zero-order valence-corrected chi connectivity index (χ0v) is 8.56. The molecular weight excluding hydrogens is 190 g/mol. The molecule has 0 aliphatic heterocycles. The molecule has 1 aromatic carbocycles. The van der Waals surface area contributed by atoms with Crippen LogP contribution in [0.4, 0.5) is 5.69 Å². The minimum Gasteiger partial charge on any atom is -0.260 e. The zero-order valence-electron chi connectivity index (χ0n) is 7.67. The Hall–Kier alpha value is -1.28. The monoisotopic (exact) mass is 201 g/mol. The molecule has 0 radical (unpaired) electrons. The van der Waals surface area contributed by atoms with Gasteiger partial charge in [-0.25, -0.2) is 0 Å². The van der Waals surface area contributed by atoms with Gasteiger partial charge in [-0.05, 0) is 18.2 Å². The van der Waals surface area contributed by atoms with E-state index in [0.717, 1.165) is 10.6 Å². The van der Waals surface area contributed by atoms with Gasteiger partial charge in [-0.1, -0.05) is 30.4 Å². The molecule has 0 saturated carbocycles. The Labute approximate surface area is 89.3 Å². The maximum absolute atomic E-state index is 4.37. The summed E-state index contributed by atoms with van der Waals surface area (Å²) >= 11 is 4.25. The van der Waals surface area contributed by atoms with E-state index in [1.807, 2.05) is 42.6 Å². The van der Waals surface area contributed by atoms with Crippen molar-refractivity contribution in [2.45, 2.75) is 4.90 Å². The first-order chi connectivity index (χ1) is 6.84. The number of benzene rings is 1. The lowest BCUT2D eigenvalue weighted by Crippen LogP contribution is -1.88. The SMILES string of the molecule is Sc1cccc(N=CC2C=CC=C2)c1. The molecule has 0 spiro atoms. The third kappa shape index (κ3) is 2.36. The fraction of sp³-hybridized carbons (Fsp3) is 0.0833. The molecule has 0 N–H and O–H groups in total. The molecule has 0 aromatic heterocycles. The second kappa shape index (κ2) is 4.29. The molecule has 0 saturated heterocycles. The van der Waals surface area contributed by atoms with E-state index in [9.17, 15) is 0 Å². The Morgan fingerprint density at radius 2 is 2.00 bits per heavy atom. The van der Waals surface area contributed by atoms with Crippen LogP contribution in [0.3, 0.4) is 0 Å². The number of hydrogen-bond acceptors (Lipinski definition) is 2. The van der Waals surface area contributed by atoms with Crippen LogP contribution in [-0.2, 0) is 0 Å². The summed E-state index contributed by atoms with van der Waals surface area (Å²) in [6, 6.07) is 7.81. The molecule has 70 valence electrons. The van der Waals surface area contributed by atoms with Crippen LogP contribution in [0.2, 0.25) is 0 Å². The average Bonchev–Trinajstić information content (AvgIpc) is 2.67. The summed E-state index contributed by atoms with van der Waals surface area (Å²) in [5, 5.41) is 0. The van der Waals surface area contributed by atoms with E-state index in [2.05, 4.69) is 29.8 Å². The summed E-state index contributed by atoms with van der Waals surface area (Å²) in [5.74, 6) is 0.346. The number of thiol groups is 1. The molecule has 0 atom stereocenters. The quantitative estimate of drug-likeness (QED) is 0.556. The third-order valence-electron chi connectivity index (χ3n) is 2.00. The molecule has 0 fully saturated rings. The highest BCUT2D eigenvalue weighted by molar-refractivity contribution is 7.80. The maximum Gasteiger partial charge on any atom is 0.0637 e. The van der Waals surface area contributed by atoms with Crippen LogP contribution in [0.5, 0.6) is 0 Å². The Bertz CT molecular complexity index is 393. The van der Waals surface area contributed by atoms with Crippen LogP contribution in [0.15, 0.2) is 58.5 Å². The first kappa shape index (κ1) is 9.28. The first-order valence-corrected chi connectivity index (χ1v) is 4.97. The number of nitrogens with zero attached hydrogens (tertiary/aromatic N) is 1. The highest BCUT2D eigenvalue weighted by Gasteiger charge is 1.98. The largest absolute Gasteiger partial charge is 0.260 e. The predicted molar refractivity (Wildman–Crippen MR) is 63.6 cm³/mol. The van der Waals surface area contributed by atoms with Crippen molar-refractivity contribution in [3.8, 4) is 0 Å². The second-order valence-electron chi connectivity index (χ2n) is 3.15. The second-order valence-corrected chi connectivity index (χ2v) is 3.66. The Balaban J connectivity index is 2.10. The van der Waals surface area contributed by atoms with E-state index in [4.69, 9.17) is 0 Å². The zero-order chi connectivity index (χ0) is 9.80. The van der Waals surface area contributed by atoms with E-state index in [0.29, 0.717) is 5.92 Å². The molecule has 0 bridgehead atoms. The van der Waals surface area contributed by atoms with Crippen LogP contribution in [0, 0.1) is 5.92 Å². The van der Waals surface area contributed by atoms with Crippen LogP contribution >= 0.6 is 12.6 Å². The Morgan fingerprint density at radius 3 is 2.71 bits per heavy atom. The molecule has 1 aliphatic carbocycles. The number of rotatable bonds is 2. The molecule has 0 amide bonds. The standard InChI is InChI=1S/C12H11NS/c14-12-7-3-6-11(8-12)13-9-10-4-1-2-5-10/h1-10,14H.